The van der Waals surface area contributed by atoms with E-state index in [0.717, 1.165) is 27.8 Å². The van der Waals surface area contributed by atoms with E-state index in [0.29, 0.717) is 12.1 Å². The van der Waals surface area contributed by atoms with Crippen molar-refractivity contribution in [2.75, 3.05) is 6.54 Å². The molecule has 210 valence electrons. The molecule has 1 fully saturated rings. The zero-order valence-corrected chi connectivity index (χ0v) is 23.4. The number of nitrogens with one attached hydrogen (secondary N) is 3. The number of H-pyrrole nitrogens is 1. The zero-order chi connectivity index (χ0) is 28.4. The Hall–Kier alpha value is -3.94. The number of sulfonamides is 1. The molecule has 1 aromatic carbocycles. The fourth-order valence-corrected chi connectivity index (χ4v) is 7.39. The third-order valence-corrected chi connectivity index (χ3v) is 10.1. The van der Waals surface area contributed by atoms with Gasteiger partial charge < -0.3 is 25.5 Å². The molecule has 1 saturated heterocycles. The van der Waals surface area contributed by atoms with E-state index in [2.05, 4.69) is 15.0 Å². The summed E-state index contributed by atoms with van der Waals surface area (Å²) in [7, 11) is -2.06. The number of likely N-dealkylation sites (tertiary alicyclic amines) is 1. The molecule has 3 unspecified atom stereocenters. The molecule has 11 nitrogen and oxygen atoms in total. The fourth-order valence-electron chi connectivity index (χ4n) is 5.10. The number of aromatic amines is 1. The van der Waals surface area contributed by atoms with Gasteiger partial charge in [0, 0.05) is 49.4 Å². The van der Waals surface area contributed by atoms with Crippen molar-refractivity contribution in [1.29, 1.82) is 0 Å². The first-order valence-corrected chi connectivity index (χ1v) is 15.1. The van der Waals surface area contributed by atoms with Gasteiger partial charge in [0.2, 0.25) is 21.8 Å². The van der Waals surface area contributed by atoms with Gasteiger partial charge in [0.05, 0.1) is 0 Å². The Balaban J connectivity index is 1.38. The average Bonchev–Trinajstić information content (AvgIpc) is 3.69. The van der Waals surface area contributed by atoms with E-state index in [4.69, 9.17) is 5.73 Å². The fraction of sp³-hybridized carbons (Fsp3) is 0.296. The first-order valence-electron chi connectivity index (χ1n) is 12.8. The number of para-hydroxylation sites is 1. The number of aromatic nitrogens is 2. The molecular weight excluding hydrogens is 552 g/mol. The Morgan fingerprint density at radius 2 is 1.95 bits per heavy atom. The van der Waals surface area contributed by atoms with Gasteiger partial charge in [-0.1, -0.05) is 24.3 Å². The van der Waals surface area contributed by atoms with E-state index in [1.165, 1.54) is 11.0 Å². The summed E-state index contributed by atoms with van der Waals surface area (Å²) in [6.45, 7) is 0.142. The van der Waals surface area contributed by atoms with Crippen molar-refractivity contribution in [3.63, 3.8) is 0 Å². The third-order valence-electron chi connectivity index (χ3n) is 7.17. The number of fused-ring (bicyclic) bond motifs is 1. The summed E-state index contributed by atoms with van der Waals surface area (Å²) >= 11 is 1.09. The predicted octanol–water partition coefficient (Wildman–Crippen LogP) is 1.73. The van der Waals surface area contributed by atoms with E-state index < -0.39 is 40.0 Å². The summed E-state index contributed by atoms with van der Waals surface area (Å²) in [5.74, 6) is -1.66. The summed E-state index contributed by atoms with van der Waals surface area (Å²) in [6.07, 6.45) is 4.00. The van der Waals surface area contributed by atoms with Crippen LogP contribution in [0.5, 0.6) is 0 Å². The molecule has 3 aromatic heterocycles. The first kappa shape index (κ1) is 27.6. The Kier molecular flexibility index (Phi) is 7.79. The molecule has 0 radical (unpaired) electrons. The van der Waals surface area contributed by atoms with Crippen LogP contribution >= 0.6 is 11.3 Å². The van der Waals surface area contributed by atoms with Gasteiger partial charge in [0.1, 0.15) is 22.0 Å². The van der Waals surface area contributed by atoms with Crippen molar-refractivity contribution in [2.24, 2.45) is 12.8 Å². The number of thiophene rings is 1. The van der Waals surface area contributed by atoms with Crippen LogP contribution in [0.4, 0.5) is 0 Å². The minimum Gasteiger partial charge on any atom is -0.368 e. The lowest BCUT2D eigenvalue weighted by atomic mass is 9.95. The molecule has 40 heavy (non-hydrogen) atoms. The Morgan fingerprint density at radius 1 is 1.15 bits per heavy atom. The Labute approximate surface area is 235 Å². The van der Waals surface area contributed by atoms with Crippen LogP contribution in [-0.2, 0) is 33.1 Å². The summed E-state index contributed by atoms with van der Waals surface area (Å²) in [5, 5.41) is 5.32. The molecule has 4 aromatic rings. The lowest BCUT2D eigenvalue weighted by Gasteiger charge is -2.39. The molecule has 0 aliphatic carbocycles. The van der Waals surface area contributed by atoms with Gasteiger partial charge in [-0.05, 0) is 48.1 Å². The van der Waals surface area contributed by atoms with Gasteiger partial charge in [-0.3, -0.25) is 14.4 Å². The van der Waals surface area contributed by atoms with E-state index >= 15 is 0 Å². The highest BCUT2D eigenvalue weighted by Gasteiger charge is 2.39. The molecule has 0 spiro atoms. The number of nitrogens with zero attached hydrogens (tertiary/aromatic N) is 2. The number of carbonyl (C=O) groups excluding carboxylic acids is 3. The maximum atomic E-state index is 13.7. The number of amides is 3. The highest BCUT2D eigenvalue weighted by molar-refractivity contribution is 7.91. The van der Waals surface area contributed by atoms with Crippen molar-refractivity contribution in [1.82, 2.24) is 24.5 Å². The SMILES string of the molecule is Cn1cccc1C(=O)N1CCC(NS(=O)(=O)c2cccs2)CC1C(=O)NC(Cc1c[nH]c2ccccc12)C(N)=O. The molecule has 1 aliphatic rings. The highest BCUT2D eigenvalue weighted by atomic mass is 32.2. The second kappa shape index (κ2) is 11.3. The Bertz CT molecular complexity index is 1640. The number of nitrogens with two attached hydrogens (primary N) is 1. The quantitative estimate of drug-likeness (QED) is 0.236. The lowest BCUT2D eigenvalue weighted by Crippen LogP contribution is -2.59. The number of primary amides is 1. The maximum Gasteiger partial charge on any atom is 0.271 e. The number of rotatable bonds is 9. The van der Waals surface area contributed by atoms with Crippen molar-refractivity contribution < 1.29 is 22.8 Å². The average molecular weight is 583 g/mol. The van der Waals surface area contributed by atoms with E-state index in [1.807, 2.05) is 24.3 Å². The first-order chi connectivity index (χ1) is 19.1. The van der Waals surface area contributed by atoms with Gasteiger partial charge >= 0.3 is 0 Å². The van der Waals surface area contributed by atoms with E-state index in [-0.39, 0.29) is 29.5 Å². The second-order valence-electron chi connectivity index (χ2n) is 9.82. The molecule has 0 bridgehead atoms. The molecule has 3 atom stereocenters. The van der Waals surface area contributed by atoms with Crippen molar-refractivity contribution >= 4 is 50.0 Å². The number of hydrogen-bond donors (Lipinski definition) is 4. The summed E-state index contributed by atoms with van der Waals surface area (Å²) in [5.41, 5.74) is 7.78. The van der Waals surface area contributed by atoms with Crippen LogP contribution < -0.4 is 15.8 Å². The minimum absolute atomic E-state index is 0.0329. The second-order valence-corrected chi connectivity index (χ2v) is 12.7. The molecule has 5 N–H and O–H groups in total. The van der Waals surface area contributed by atoms with Gasteiger partial charge in [0.25, 0.3) is 5.91 Å². The van der Waals surface area contributed by atoms with Gasteiger partial charge in [-0.25, -0.2) is 13.1 Å². The molecule has 1 aliphatic heterocycles. The number of piperidine rings is 1. The molecule has 0 saturated carbocycles. The Morgan fingerprint density at radius 3 is 2.65 bits per heavy atom. The van der Waals surface area contributed by atoms with Crippen LogP contribution in [-0.4, -0.2) is 65.3 Å². The number of benzene rings is 1. The largest absolute Gasteiger partial charge is 0.368 e. The number of carbonyl (C=O) groups is 3. The highest BCUT2D eigenvalue weighted by Crippen LogP contribution is 2.25. The van der Waals surface area contributed by atoms with Crippen molar-refractivity contribution in [2.45, 2.75) is 41.6 Å². The topological polar surface area (TPSA) is 159 Å². The minimum atomic E-state index is -3.79. The van der Waals surface area contributed by atoms with Crippen LogP contribution in [0.2, 0.25) is 0 Å². The molecular formula is C27H30N6O5S2. The van der Waals surface area contributed by atoms with Crippen LogP contribution in [0.15, 0.2) is 70.5 Å². The van der Waals surface area contributed by atoms with Crippen LogP contribution in [0, 0.1) is 0 Å². The summed E-state index contributed by atoms with van der Waals surface area (Å²) in [6, 6.07) is 11.5. The van der Waals surface area contributed by atoms with Gasteiger partial charge in [0.15, 0.2) is 0 Å². The number of aryl methyl sites for hydroxylation is 1. The van der Waals surface area contributed by atoms with Crippen LogP contribution in [0.1, 0.15) is 28.9 Å². The molecule has 4 heterocycles. The summed E-state index contributed by atoms with van der Waals surface area (Å²) < 4.78 is 30.3. The van der Waals surface area contributed by atoms with Crippen molar-refractivity contribution in [3.05, 3.63) is 77.6 Å². The van der Waals surface area contributed by atoms with E-state index in [9.17, 15) is 22.8 Å². The standard InChI is InChI=1S/C27H30N6O5S2/c1-32-11-4-8-22(32)27(36)33-12-10-18(31-40(37,38)24-9-5-13-39-24)15-23(33)26(35)30-21(25(28)34)14-17-16-29-20-7-3-2-6-19(17)20/h2-9,11,13,16,18,21,23,29,31H,10,12,14-15H2,1H3,(H2,28,34)(H,30,35). The summed E-state index contributed by atoms with van der Waals surface area (Å²) in [4.78, 5) is 44.2. The maximum absolute atomic E-state index is 13.7. The van der Waals surface area contributed by atoms with Gasteiger partial charge in [-0.15, -0.1) is 11.3 Å². The third kappa shape index (κ3) is 5.67. The normalized spacial score (nSPS) is 18.5. The van der Waals surface area contributed by atoms with Crippen LogP contribution in [0.3, 0.4) is 0 Å². The van der Waals surface area contributed by atoms with Gasteiger partial charge in [-0.2, -0.15) is 0 Å². The van der Waals surface area contributed by atoms with Crippen molar-refractivity contribution in [3.8, 4) is 0 Å². The van der Waals surface area contributed by atoms with Crippen LogP contribution in [0.25, 0.3) is 10.9 Å². The zero-order valence-electron chi connectivity index (χ0n) is 21.7. The molecule has 3 amide bonds. The smallest absolute Gasteiger partial charge is 0.271 e. The lowest BCUT2D eigenvalue weighted by molar-refractivity contribution is -0.131. The predicted molar refractivity (Wildman–Crippen MR) is 151 cm³/mol. The molecule has 5 rings (SSSR count). The van der Waals surface area contributed by atoms with E-state index in [1.54, 1.807) is 47.6 Å². The molecule has 13 heteroatoms. The number of hydrogen-bond acceptors (Lipinski definition) is 6. The monoisotopic (exact) mass is 582 g/mol.